The van der Waals surface area contributed by atoms with Crippen molar-refractivity contribution in [2.24, 2.45) is 0 Å². The Hall–Kier alpha value is -2.10. The summed E-state index contributed by atoms with van der Waals surface area (Å²) in [7, 11) is 0. The van der Waals surface area contributed by atoms with Gasteiger partial charge >= 0.3 is 0 Å². The van der Waals surface area contributed by atoms with Crippen molar-refractivity contribution in [1.29, 1.82) is 0 Å². The zero-order chi connectivity index (χ0) is 12.3. The first-order chi connectivity index (χ1) is 8.16. The molecule has 0 aliphatic heterocycles. The van der Waals surface area contributed by atoms with Gasteiger partial charge in [-0.2, -0.15) is 0 Å². The SMILES string of the molecule is Cc1cc(NC(C)c2ccccn2)ncc1N. The predicted octanol–water partition coefficient (Wildman–Crippen LogP) is 2.54. The van der Waals surface area contributed by atoms with Crippen molar-refractivity contribution >= 4 is 11.5 Å². The van der Waals surface area contributed by atoms with Crippen LogP contribution in [0.3, 0.4) is 0 Å². The highest BCUT2D eigenvalue weighted by atomic mass is 15.0. The van der Waals surface area contributed by atoms with E-state index in [-0.39, 0.29) is 6.04 Å². The van der Waals surface area contributed by atoms with Gasteiger partial charge in [0, 0.05) is 6.20 Å². The quantitative estimate of drug-likeness (QED) is 0.847. The molecule has 0 aromatic carbocycles. The number of hydrogen-bond acceptors (Lipinski definition) is 4. The van der Waals surface area contributed by atoms with Crippen molar-refractivity contribution in [3.8, 4) is 0 Å². The summed E-state index contributed by atoms with van der Waals surface area (Å²) in [6, 6.07) is 7.92. The lowest BCUT2D eigenvalue weighted by Crippen LogP contribution is -2.09. The third kappa shape index (κ3) is 2.72. The van der Waals surface area contributed by atoms with E-state index in [2.05, 4.69) is 22.2 Å². The molecular formula is C13H16N4. The van der Waals surface area contributed by atoms with E-state index in [1.54, 1.807) is 12.4 Å². The van der Waals surface area contributed by atoms with Crippen molar-refractivity contribution < 1.29 is 0 Å². The van der Waals surface area contributed by atoms with Crippen molar-refractivity contribution in [1.82, 2.24) is 9.97 Å². The van der Waals surface area contributed by atoms with Gasteiger partial charge in [0.15, 0.2) is 0 Å². The van der Waals surface area contributed by atoms with Crippen LogP contribution in [0, 0.1) is 6.92 Å². The van der Waals surface area contributed by atoms with Gasteiger partial charge in [-0.1, -0.05) is 6.07 Å². The average Bonchev–Trinajstić information content (AvgIpc) is 2.35. The number of hydrogen-bond donors (Lipinski definition) is 2. The largest absolute Gasteiger partial charge is 0.397 e. The Bertz CT molecular complexity index is 496. The molecule has 2 aromatic heterocycles. The van der Waals surface area contributed by atoms with Gasteiger partial charge in [0.05, 0.1) is 23.6 Å². The van der Waals surface area contributed by atoms with Gasteiger partial charge in [-0.3, -0.25) is 4.98 Å². The number of nitrogens with one attached hydrogen (secondary N) is 1. The minimum absolute atomic E-state index is 0.117. The molecule has 1 unspecified atom stereocenters. The maximum absolute atomic E-state index is 5.73. The Morgan fingerprint density at radius 1 is 1.29 bits per heavy atom. The number of nitrogen functional groups attached to an aromatic ring is 1. The van der Waals surface area contributed by atoms with Gasteiger partial charge < -0.3 is 11.1 Å². The lowest BCUT2D eigenvalue weighted by molar-refractivity contribution is 0.832. The first-order valence-electron chi connectivity index (χ1n) is 5.56. The Morgan fingerprint density at radius 3 is 2.76 bits per heavy atom. The smallest absolute Gasteiger partial charge is 0.126 e. The summed E-state index contributed by atoms with van der Waals surface area (Å²) in [6.45, 7) is 4.02. The lowest BCUT2D eigenvalue weighted by Gasteiger charge is -2.14. The van der Waals surface area contributed by atoms with Gasteiger partial charge in [-0.15, -0.1) is 0 Å². The van der Waals surface area contributed by atoms with Crippen LogP contribution in [-0.2, 0) is 0 Å². The molecule has 3 N–H and O–H groups in total. The second-order valence-electron chi connectivity index (χ2n) is 4.05. The summed E-state index contributed by atoms with van der Waals surface area (Å²) in [4.78, 5) is 8.54. The van der Waals surface area contributed by atoms with E-state index < -0.39 is 0 Å². The number of nitrogens with zero attached hydrogens (tertiary/aromatic N) is 2. The van der Waals surface area contributed by atoms with Gasteiger partial charge in [-0.25, -0.2) is 4.98 Å². The van der Waals surface area contributed by atoms with Crippen LogP contribution in [0.4, 0.5) is 11.5 Å². The lowest BCUT2D eigenvalue weighted by atomic mass is 10.2. The van der Waals surface area contributed by atoms with Crippen molar-refractivity contribution in [3.63, 3.8) is 0 Å². The van der Waals surface area contributed by atoms with E-state index in [0.29, 0.717) is 5.69 Å². The highest BCUT2D eigenvalue weighted by molar-refractivity contribution is 5.51. The Morgan fingerprint density at radius 2 is 2.12 bits per heavy atom. The second-order valence-corrected chi connectivity index (χ2v) is 4.05. The highest BCUT2D eigenvalue weighted by Crippen LogP contribution is 2.18. The molecule has 4 nitrogen and oxygen atoms in total. The molecule has 1 atom stereocenters. The van der Waals surface area contributed by atoms with Crippen molar-refractivity contribution in [2.75, 3.05) is 11.1 Å². The Kier molecular flexibility index (Phi) is 3.23. The fraction of sp³-hybridized carbons (Fsp3) is 0.231. The fourth-order valence-electron chi connectivity index (χ4n) is 1.57. The molecule has 2 rings (SSSR count). The summed E-state index contributed by atoms with van der Waals surface area (Å²) < 4.78 is 0. The zero-order valence-electron chi connectivity index (χ0n) is 10.0. The summed E-state index contributed by atoms with van der Waals surface area (Å²) >= 11 is 0. The molecule has 17 heavy (non-hydrogen) atoms. The van der Waals surface area contributed by atoms with Gasteiger partial charge in [0.1, 0.15) is 5.82 Å². The minimum atomic E-state index is 0.117. The minimum Gasteiger partial charge on any atom is -0.397 e. The maximum Gasteiger partial charge on any atom is 0.126 e. The Labute approximate surface area is 101 Å². The van der Waals surface area contributed by atoms with Gasteiger partial charge in [0.2, 0.25) is 0 Å². The van der Waals surface area contributed by atoms with E-state index in [1.807, 2.05) is 31.2 Å². The third-order valence-corrected chi connectivity index (χ3v) is 2.65. The van der Waals surface area contributed by atoms with Crippen LogP contribution >= 0.6 is 0 Å². The molecule has 0 radical (unpaired) electrons. The zero-order valence-corrected chi connectivity index (χ0v) is 10.0. The number of nitrogens with two attached hydrogens (primary N) is 1. The number of rotatable bonds is 3. The molecule has 0 amide bonds. The fourth-order valence-corrected chi connectivity index (χ4v) is 1.57. The van der Waals surface area contributed by atoms with E-state index >= 15 is 0 Å². The van der Waals surface area contributed by atoms with Crippen molar-refractivity contribution in [2.45, 2.75) is 19.9 Å². The monoisotopic (exact) mass is 228 g/mol. The molecule has 88 valence electrons. The maximum atomic E-state index is 5.73. The summed E-state index contributed by atoms with van der Waals surface area (Å²) in [5.74, 6) is 0.815. The van der Waals surface area contributed by atoms with E-state index in [0.717, 1.165) is 17.1 Å². The van der Waals surface area contributed by atoms with Gasteiger partial charge in [-0.05, 0) is 37.6 Å². The molecule has 0 bridgehead atoms. The number of aryl methyl sites for hydroxylation is 1. The van der Waals surface area contributed by atoms with E-state index in [4.69, 9.17) is 5.73 Å². The van der Waals surface area contributed by atoms with E-state index in [9.17, 15) is 0 Å². The van der Waals surface area contributed by atoms with Crippen LogP contribution in [0.5, 0.6) is 0 Å². The summed E-state index contributed by atoms with van der Waals surface area (Å²) in [6.07, 6.45) is 3.46. The predicted molar refractivity (Wildman–Crippen MR) is 69.7 cm³/mol. The second kappa shape index (κ2) is 4.82. The van der Waals surface area contributed by atoms with Crippen molar-refractivity contribution in [3.05, 3.63) is 47.9 Å². The molecular weight excluding hydrogens is 212 g/mol. The average molecular weight is 228 g/mol. The molecule has 0 saturated heterocycles. The molecule has 0 saturated carbocycles. The molecule has 0 aliphatic rings. The highest BCUT2D eigenvalue weighted by Gasteiger charge is 2.07. The third-order valence-electron chi connectivity index (χ3n) is 2.65. The number of anilines is 2. The first kappa shape index (κ1) is 11.4. The summed E-state index contributed by atoms with van der Waals surface area (Å²) in [5.41, 5.74) is 8.45. The summed E-state index contributed by atoms with van der Waals surface area (Å²) in [5, 5.41) is 3.30. The van der Waals surface area contributed by atoms with Crippen LogP contribution < -0.4 is 11.1 Å². The van der Waals surface area contributed by atoms with Crippen LogP contribution in [0.15, 0.2) is 36.7 Å². The normalized spacial score (nSPS) is 12.1. The van der Waals surface area contributed by atoms with E-state index in [1.165, 1.54) is 0 Å². The Balaban J connectivity index is 2.13. The molecule has 0 aliphatic carbocycles. The molecule has 2 aromatic rings. The van der Waals surface area contributed by atoms with Gasteiger partial charge in [0.25, 0.3) is 0 Å². The van der Waals surface area contributed by atoms with Crippen LogP contribution in [0.1, 0.15) is 24.2 Å². The van der Waals surface area contributed by atoms with Crippen LogP contribution in [0.25, 0.3) is 0 Å². The van der Waals surface area contributed by atoms with Crippen LogP contribution in [0.2, 0.25) is 0 Å². The topological polar surface area (TPSA) is 63.8 Å². The standard InChI is InChI=1S/C13H16N4/c1-9-7-13(16-8-11(9)14)17-10(2)12-5-3-4-6-15-12/h3-8,10H,14H2,1-2H3,(H,16,17). The molecule has 0 fully saturated rings. The first-order valence-corrected chi connectivity index (χ1v) is 5.56. The number of aromatic nitrogens is 2. The number of pyridine rings is 2. The molecule has 2 heterocycles. The van der Waals surface area contributed by atoms with Crippen LogP contribution in [-0.4, -0.2) is 9.97 Å². The molecule has 0 spiro atoms. The molecule has 4 heteroatoms.